The topological polar surface area (TPSA) is 83.8 Å². The average molecular weight is 224 g/mol. The summed E-state index contributed by atoms with van der Waals surface area (Å²) in [6.45, 7) is 5.87. The smallest absolute Gasteiger partial charge is 0.237 e. The first kappa shape index (κ1) is 12.7. The molecule has 16 heavy (non-hydrogen) atoms. The number of nitrogens with two attached hydrogens (primary N) is 1. The molecule has 5 heteroatoms. The van der Waals surface area contributed by atoms with Gasteiger partial charge < -0.3 is 16.0 Å². The van der Waals surface area contributed by atoms with Crippen molar-refractivity contribution < 1.29 is 4.79 Å². The molecule has 3 atom stereocenters. The van der Waals surface area contributed by atoms with Gasteiger partial charge in [-0.1, -0.05) is 20.3 Å². The zero-order chi connectivity index (χ0) is 12.1. The molecule has 4 N–H and O–H groups in total. The van der Waals surface area contributed by atoms with Crippen molar-refractivity contribution in [1.82, 2.24) is 15.3 Å². The summed E-state index contributed by atoms with van der Waals surface area (Å²) in [5.41, 5.74) is 5.83. The van der Waals surface area contributed by atoms with Gasteiger partial charge in [0, 0.05) is 12.4 Å². The Labute approximate surface area is 95.8 Å². The van der Waals surface area contributed by atoms with Gasteiger partial charge in [0.15, 0.2) is 0 Å². The van der Waals surface area contributed by atoms with Crippen LogP contribution in [0.3, 0.4) is 0 Å². The fourth-order valence-corrected chi connectivity index (χ4v) is 1.40. The number of rotatable bonds is 5. The van der Waals surface area contributed by atoms with Crippen molar-refractivity contribution in [3.05, 3.63) is 18.2 Å². The summed E-state index contributed by atoms with van der Waals surface area (Å²) < 4.78 is 0. The first-order valence-electron chi connectivity index (χ1n) is 5.61. The molecule has 5 nitrogen and oxygen atoms in total. The molecule has 0 bridgehead atoms. The van der Waals surface area contributed by atoms with Crippen molar-refractivity contribution in [3.8, 4) is 0 Å². The number of carbonyl (C=O) groups excluding carboxylic acids is 1. The summed E-state index contributed by atoms with van der Waals surface area (Å²) in [5, 5.41) is 2.84. The second-order valence-corrected chi connectivity index (χ2v) is 4.12. The highest BCUT2D eigenvalue weighted by Gasteiger charge is 2.21. The first-order chi connectivity index (χ1) is 7.56. The van der Waals surface area contributed by atoms with Crippen molar-refractivity contribution >= 4 is 5.91 Å². The third kappa shape index (κ3) is 3.06. The van der Waals surface area contributed by atoms with Crippen molar-refractivity contribution in [1.29, 1.82) is 0 Å². The molecule has 1 aromatic rings. The van der Waals surface area contributed by atoms with E-state index in [1.54, 1.807) is 12.4 Å². The van der Waals surface area contributed by atoms with Gasteiger partial charge in [-0.3, -0.25) is 4.79 Å². The molecular weight excluding hydrogens is 204 g/mol. The summed E-state index contributed by atoms with van der Waals surface area (Å²) >= 11 is 0. The highest BCUT2D eigenvalue weighted by molar-refractivity contribution is 5.82. The minimum atomic E-state index is -0.456. The molecule has 1 heterocycles. The van der Waals surface area contributed by atoms with Crippen LogP contribution in [0.1, 0.15) is 39.1 Å². The second kappa shape index (κ2) is 5.65. The molecule has 90 valence electrons. The van der Waals surface area contributed by atoms with E-state index < -0.39 is 6.04 Å². The molecular formula is C11H20N4O. The molecule has 0 aliphatic rings. The Morgan fingerprint density at radius 3 is 2.81 bits per heavy atom. The number of aromatic nitrogens is 2. The van der Waals surface area contributed by atoms with Crippen LogP contribution in [0.2, 0.25) is 0 Å². The van der Waals surface area contributed by atoms with Crippen LogP contribution in [-0.2, 0) is 4.79 Å². The van der Waals surface area contributed by atoms with Crippen LogP contribution >= 0.6 is 0 Å². The lowest BCUT2D eigenvalue weighted by atomic mass is 9.99. The molecule has 0 radical (unpaired) electrons. The van der Waals surface area contributed by atoms with Crippen LogP contribution in [0.4, 0.5) is 0 Å². The zero-order valence-corrected chi connectivity index (χ0v) is 10.0. The fraction of sp³-hybridized carbons (Fsp3) is 0.636. The lowest BCUT2D eigenvalue weighted by molar-refractivity contribution is -0.124. The highest BCUT2D eigenvalue weighted by atomic mass is 16.2. The van der Waals surface area contributed by atoms with Crippen LogP contribution < -0.4 is 11.1 Å². The first-order valence-corrected chi connectivity index (χ1v) is 5.61. The van der Waals surface area contributed by atoms with E-state index in [1.807, 2.05) is 20.8 Å². The molecule has 1 amide bonds. The third-order valence-corrected chi connectivity index (χ3v) is 2.85. The summed E-state index contributed by atoms with van der Waals surface area (Å²) in [5.74, 6) is 0.798. The molecule has 1 rings (SSSR count). The van der Waals surface area contributed by atoms with E-state index in [-0.39, 0.29) is 17.9 Å². The fourth-order valence-electron chi connectivity index (χ4n) is 1.40. The Bertz CT molecular complexity index is 323. The van der Waals surface area contributed by atoms with E-state index in [0.29, 0.717) is 0 Å². The number of amides is 1. The Morgan fingerprint density at radius 2 is 2.31 bits per heavy atom. The van der Waals surface area contributed by atoms with E-state index in [4.69, 9.17) is 5.73 Å². The van der Waals surface area contributed by atoms with Gasteiger partial charge in [0.25, 0.3) is 0 Å². The maximum absolute atomic E-state index is 11.8. The van der Waals surface area contributed by atoms with Crippen LogP contribution in [0, 0.1) is 5.92 Å². The Balaban J connectivity index is 2.51. The lowest BCUT2D eigenvalue weighted by Crippen LogP contribution is -2.45. The summed E-state index contributed by atoms with van der Waals surface area (Å²) in [6, 6.07) is -0.597. The normalized spacial score (nSPS) is 16.5. The average Bonchev–Trinajstić information content (AvgIpc) is 2.80. The van der Waals surface area contributed by atoms with Crippen molar-refractivity contribution in [2.45, 2.75) is 39.3 Å². The predicted octanol–water partition coefficient (Wildman–Crippen LogP) is 0.960. The van der Waals surface area contributed by atoms with Crippen molar-refractivity contribution in [2.75, 3.05) is 0 Å². The number of imidazole rings is 1. The Morgan fingerprint density at radius 1 is 1.62 bits per heavy atom. The molecule has 0 aromatic carbocycles. The SMILES string of the molecule is CC[C@H](C)[C@H](N)C(=O)NC(C)c1ncc[nH]1. The van der Waals surface area contributed by atoms with Gasteiger partial charge >= 0.3 is 0 Å². The summed E-state index contributed by atoms with van der Waals surface area (Å²) in [6.07, 6.45) is 4.28. The summed E-state index contributed by atoms with van der Waals surface area (Å²) in [4.78, 5) is 18.8. The van der Waals surface area contributed by atoms with Crippen LogP contribution in [0.15, 0.2) is 12.4 Å². The van der Waals surface area contributed by atoms with Crippen LogP contribution in [-0.4, -0.2) is 21.9 Å². The molecule has 0 fully saturated rings. The maximum atomic E-state index is 11.8. The number of hydrogen-bond acceptors (Lipinski definition) is 3. The third-order valence-electron chi connectivity index (χ3n) is 2.85. The van der Waals surface area contributed by atoms with Gasteiger partial charge in [-0.05, 0) is 12.8 Å². The molecule has 1 unspecified atom stereocenters. The van der Waals surface area contributed by atoms with E-state index in [1.165, 1.54) is 0 Å². The van der Waals surface area contributed by atoms with E-state index in [2.05, 4.69) is 15.3 Å². The Hall–Kier alpha value is -1.36. The summed E-state index contributed by atoms with van der Waals surface area (Å²) in [7, 11) is 0. The van der Waals surface area contributed by atoms with E-state index in [0.717, 1.165) is 12.2 Å². The number of carbonyl (C=O) groups is 1. The molecule has 1 aromatic heterocycles. The number of nitrogens with zero attached hydrogens (tertiary/aromatic N) is 1. The number of H-pyrrole nitrogens is 1. The molecule has 0 aliphatic heterocycles. The minimum absolute atomic E-state index is 0.127. The van der Waals surface area contributed by atoms with Crippen molar-refractivity contribution in [2.24, 2.45) is 11.7 Å². The second-order valence-electron chi connectivity index (χ2n) is 4.12. The Kier molecular flexibility index (Phi) is 4.49. The zero-order valence-electron chi connectivity index (χ0n) is 10.0. The lowest BCUT2D eigenvalue weighted by Gasteiger charge is -2.20. The molecule has 0 saturated heterocycles. The van der Waals surface area contributed by atoms with Gasteiger partial charge in [0.2, 0.25) is 5.91 Å². The molecule has 0 spiro atoms. The quantitative estimate of drug-likeness (QED) is 0.696. The van der Waals surface area contributed by atoms with Gasteiger partial charge in [0.05, 0.1) is 12.1 Å². The van der Waals surface area contributed by atoms with Crippen LogP contribution in [0.5, 0.6) is 0 Å². The maximum Gasteiger partial charge on any atom is 0.237 e. The van der Waals surface area contributed by atoms with Gasteiger partial charge in [-0.2, -0.15) is 0 Å². The largest absolute Gasteiger partial charge is 0.347 e. The molecule has 0 saturated carbocycles. The number of nitrogens with one attached hydrogen (secondary N) is 2. The van der Waals surface area contributed by atoms with E-state index >= 15 is 0 Å². The van der Waals surface area contributed by atoms with E-state index in [9.17, 15) is 4.79 Å². The highest BCUT2D eigenvalue weighted by Crippen LogP contribution is 2.09. The standard InChI is InChI=1S/C11H20N4O/c1-4-7(2)9(12)11(16)15-8(3)10-13-5-6-14-10/h5-9H,4,12H2,1-3H3,(H,13,14)(H,15,16)/t7-,8?,9-/m0/s1. The predicted molar refractivity (Wildman–Crippen MR) is 62.6 cm³/mol. The van der Waals surface area contributed by atoms with Gasteiger partial charge in [-0.25, -0.2) is 4.98 Å². The van der Waals surface area contributed by atoms with Gasteiger partial charge in [-0.15, -0.1) is 0 Å². The molecule has 0 aliphatic carbocycles. The number of aromatic amines is 1. The monoisotopic (exact) mass is 224 g/mol. The van der Waals surface area contributed by atoms with Gasteiger partial charge in [0.1, 0.15) is 5.82 Å². The van der Waals surface area contributed by atoms with Crippen LogP contribution in [0.25, 0.3) is 0 Å². The number of hydrogen-bond donors (Lipinski definition) is 3. The van der Waals surface area contributed by atoms with Crippen molar-refractivity contribution in [3.63, 3.8) is 0 Å². The minimum Gasteiger partial charge on any atom is -0.347 e.